The molecule has 0 aromatic rings. The number of hydrogen-bond donors (Lipinski definition) is 2. The van der Waals surface area contributed by atoms with Gasteiger partial charge in [-0.1, -0.05) is 0 Å². The average Bonchev–Trinajstić information content (AvgIpc) is 2.36. The lowest BCUT2D eigenvalue weighted by Crippen LogP contribution is -2.46. The van der Waals surface area contributed by atoms with Crippen molar-refractivity contribution < 1.29 is 14.3 Å². The van der Waals surface area contributed by atoms with Crippen LogP contribution in [0.4, 0.5) is 0 Å². The summed E-state index contributed by atoms with van der Waals surface area (Å²) >= 11 is 0. The molecular weight excluding hydrogens is 222 g/mol. The lowest BCUT2D eigenvalue weighted by Gasteiger charge is -2.27. The van der Waals surface area contributed by atoms with Gasteiger partial charge >= 0.3 is 0 Å². The SMILES string of the molecule is COCCOCC(=O)NCCN1CCNCC1. The van der Waals surface area contributed by atoms with Crippen LogP contribution in [0.5, 0.6) is 0 Å². The lowest BCUT2D eigenvalue weighted by atomic mass is 10.3. The molecule has 1 aliphatic heterocycles. The summed E-state index contributed by atoms with van der Waals surface area (Å²) in [4.78, 5) is 13.7. The molecule has 1 aliphatic rings. The van der Waals surface area contributed by atoms with Crippen LogP contribution >= 0.6 is 0 Å². The van der Waals surface area contributed by atoms with Crippen molar-refractivity contribution in [2.24, 2.45) is 0 Å². The smallest absolute Gasteiger partial charge is 0.246 e. The van der Waals surface area contributed by atoms with E-state index in [9.17, 15) is 4.79 Å². The Labute approximate surface area is 103 Å². The van der Waals surface area contributed by atoms with Gasteiger partial charge in [-0.05, 0) is 0 Å². The van der Waals surface area contributed by atoms with Crippen molar-refractivity contribution in [1.82, 2.24) is 15.5 Å². The molecule has 0 aliphatic carbocycles. The van der Waals surface area contributed by atoms with E-state index in [1.54, 1.807) is 7.11 Å². The third-order valence-electron chi connectivity index (χ3n) is 2.62. The van der Waals surface area contributed by atoms with Gasteiger partial charge in [-0.25, -0.2) is 0 Å². The second kappa shape index (κ2) is 9.35. The van der Waals surface area contributed by atoms with Crippen molar-refractivity contribution in [1.29, 1.82) is 0 Å². The minimum atomic E-state index is -0.0590. The quantitative estimate of drug-likeness (QED) is 0.519. The Balaban J connectivity index is 1.92. The van der Waals surface area contributed by atoms with Crippen LogP contribution in [0.2, 0.25) is 0 Å². The summed E-state index contributed by atoms with van der Waals surface area (Å²) in [6, 6.07) is 0. The highest BCUT2D eigenvalue weighted by Crippen LogP contribution is 1.89. The highest BCUT2D eigenvalue weighted by atomic mass is 16.5. The van der Waals surface area contributed by atoms with E-state index in [4.69, 9.17) is 9.47 Å². The van der Waals surface area contributed by atoms with Crippen LogP contribution < -0.4 is 10.6 Å². The molecular formula is C11H23N3O3. The van der Waals surface area contributed by atoms with E-state index in [1.165, 1.54) is 0 Å². The maximum atomic E-state index is 11.3. The minimum absolute atomic E-state index is 0.0590. The number of nitrogens with one attached hydrogen (secondary N) is 2. The van der Waals surface area contributed by atoms with Gasteiger partial charge in [0.05, 0.1) is 13.2 Å². The first-order chi connectivity index (χ1) is 8.33. The van der Waals surface area contributed by atoms with Gasteiger partial charge in [-0.3, -0.25) is 9.69 Å². The number of hydrogen-bond acceptors (Lipinski definition) is 5. The molecule has 1 heterocycles. The maximum Gasteiger partial charge on any atom is 0.246 e. The van der Waals surface area contributed by atoms with Crippen molar-refractivity contribution in [2.45, 2.75) is 0 Å². The predicted octanol–water partition coefficient (Wildman–Crippen LogP) is -1.33. The zero-order valence-electron chi connectivity index (χ0n) is 10.5. The topological polar surface area (TPSA) is 62.8 Å². The molecule has 6 heteroatoms. The number of amides is 1. The molecule has 17 heavy (non-hydrogen) atoms. The first-order valence-corrected chi connectivity index (χ1v) is 6.09. The summed E-state index contributed by atoms with van der Waals surface area (Å²) in [5.41, 5.74) is 0. The summed E-state index contributed by atoms with van der Waals surface area (Å²) in [5, 5.41) is 6.13. The van der Waals surface area contributed by atoms with E-state index < -0.39 is 0 Å². The molecule has 0 bridgehead atoms. The molecule has 0 unspecified atom stereocenters. The van der Waals surface area contributed by atoms with Gasteiger partial charge < -0.3 is 20.1 Å². The summed E-state index contributed by atoms with van der Waals surface area (Å²) in [7, 11) is 1.61. The van der Waals surface area contributed by atoms with Crippen molar-refractivity contribution in [3.8, 4) is 0 Å². The first kappa shape index (κ1) is 14.4. The molecule has 1 fully saturated rings. The molecule has 1 saturated heterocycles. The van der Waals surface area contributed by atoms with Crippen molar-refractivity contribution in [2.75, 3.05) is 66.2 Å². The fourth-order valence-electron chi connectivity index (χ4n) is 1.65. The Morgan fingerprint density at radius 2 is 2.12 bits per heavy atom. The minimum Gasteiger partial charge on any atom is -0.382 e. The van der Waals surface area contributed by atoms with Crippen LogP contribution in [-0.2, 0) is 14.3 Å². The van der Waals surface area contributed by atoms with E-state index in [0.29, 0.717) is 19.8 Å². The molecule has 6 nitrogen and oxygen atoms in total. The van der Waals surface area contributed by atoms with Gasteiger partial charge in [-0.15, -0.1) is 0 Å². The number of carbonyl (C=O) groups excluding carboxylic acids is 1. The number of carbonyl (C=O) groups is 1. The molecule has 1 amide bonds. The number of rotatable bonds is 8. The maximum absolute atomic E-state index is 11.3. The van der Waals surface area contributed by atoms with E-state index in [-0.39, 0.29) is 12.5 Å². The molecule has 0 aromatic heterocycles. The van der Waals surface area contributed by atoms with Gasteiger partial charge in [0.2, 0.25) is 5.91 Å². The van der Waals surface area contributed by atoms with Crippen LogP contribution in [0.25, 0.3) is 0 Å². The Kier molecular flexibility index (Phi) is 7.91. The van der Waals surface area contributed by atoms with Gasteiger partial charge in [0.25, 0.3) is 0 Å². The number of piperazine rings is 1. The largest absolute Gasteiger partial charge is 0.382 e. The number of methoxy groups -OCH3 is 1. The molecule has 0 atom stereocenters. The zero-order valence-corrected chi connectivity index (χ0v) is 10.5. The molecule has 0 spiro atoms. The Hall–Kier alpha value is -0.690. The molecule has 2 N–H and O–H groups in total. The van der Waals surface area contributed by atoms with Gasteiger partial charge in [0.15, 0.2) is 0 Å². The summed E-state index contributed by atoms with van der Waals surface area (Å²) in [6.45, 7) is 6.88. The summed E-state index contributed by atoms with van der Waals surface area (Å²) < 4.78 is 9.93. The van der Waals surface area contributed by atoms with Crippen LogP contribution in [0.3, 0.4) is 0 Å². The highest BCUT2D eigenvalue weighted by molar-refractivity contribution is 5.77. The highest BCUT2D eigenvalue weighted by Gasteiger charge is 2.09. The van der Waals surface area contributed by atoms with Crippen LogP contribution in [0, 0.1) is 0 Å². The van der Waals surface area contributed by atoms with Crippen molar-refractivity contribution in [3.63, 3.8) is 0 Å². The molecule has 1 rings (SSSR count). The third-order valence-corrected chi connectivity index (χ3v) is 2.62. The van der Waals surface area contributed by atoms with E-state index in [2.05, 4.69) is 15.5 Å². The standard InChI is InChI=1S/C11H23N3O3/c1-16-8-9-17-10-11(15)13-4-7-14-5-2-12-3-6-14/h12H,2-10H2,1H3,(H,13,15). The first-order valence-electron chi connectivity index (χ1n) is 6.09. The van der Waals surface area contributed by atoms with Gasteiger partial charge in [0.1, 0.15) is 6.61 Å². The third kappa shape index (κ3) is 7.27. The van der Waals surface area contributed by atoms with Crippen molar-refractivity contribution >= 4 is 5.91 Å². The fourth-order valence-corrected chi connectivity index (χ4v) is 1.65. The molecule has 0 aromatic carbocycles. The zero-order chi connectivity index (χ0) is 12.3. The second-order valence-electron chi connectivity index (χ2n) is 3.99. The second-order valence-corrected chi connectivity index (χ2v) is 3.99. The Morgan fingerprint density at radius 1 is 1.35 bits per heavy atom. The number of ether oxygens (including phenoxy) is 2. The summed E-state index contributed by atoms with van der Waals surface area (Å²) in [6.07, 6.45) is 0. The normalized spacial score (nSPS) is 17.0. The summed E-state index contributed by atoms with van der Waals surface area (Å²) in [5.74, 6) is -0.0590. The predicted molar refractivity (Wildman–Crippen MR) is 65.0 cm³/mol. The molecule has 100 valence electrons. The monoisotopic (exact) mass is 245 g/mol. The Bertz CT molecular complexity index is 208. The van der Waals surface area contributed by atoms with Crippen molar-refractivity contribution in [3.05, 3.63) is 0 Å². The van der Waals surface area contributed by atoms with E-state index >= 15 is 0 Å². The molecule has 0 saturated carbocycles. The van der Waals surface area contributed by atoms with Crippen LogP contribution in [0.1, 0.15) is 0 Å². The van der Waals surface area contributed by atoms with Gasteiger partial charge in [-0.2, -0.15) is 0 Å². The van der Waals surface area contributed by atoms with E-state index in [1.807, 2.05) is 0 Å². The fraction of sp³-hybridized carbons (Fsp3) is 0.909. The van der Waals surface area contributed by atoms with E-state index in [0.717, 1.165) is 32.7 Å². The van der Waals surface area contributed by atoms with Gasteiger partial charge in [0, 0.05) is 46.4 Å². The van der Waals surface area contributed by atoms with Crippen LogP contribution in [0.15, 0.2) is 0 Å². The average molecular weight is 245 g/mol. The lowest BCUT2D eigenvalue weighted by molar-refractivity contribution is -0.126. The van der Waals surface area contributed by atoms with Crippen LogP contribution in [-0.4, -0.2) is 77.0 Å². The molecule has 0 radical (unpaired) electrons. The number of nitrogens with zero attached hydrogens (tertiary/aromatic N) is 1. The Morgan fingerprint density at radius 3 is 2.82 bits per heavy atom.